The maximum absolute atomic E-state index is 13.0. The zero-order valence-corrected chi connectivity index (χ0v) is 19.5. The van der Waals surface area contributed by atoms with Gasteiger partial charge in [-0.2, -0.15) is 0 Å². The summed E-state index contributed by atoms with van der Waals surface area (Å²) in [4.78, 5) is 36.6. The van der Waals surface area contributed by atoms with Crippen molar-refractivity contribution in [1.29, 1.82) is 0 Å². The molecule has 186 valence electrons. The monoisotopic (exact) mass is 493 g/mol. The van der Waals surface area contributed by atoms with Crippen molar-refractivity contribution >= 4 is 22.9 Å². The van der Waals surface area contributed by atoms with Crippen LogP contribution < -0.4 is 20.5 Å². The lowest BCUT2D eigenvalue weighted by Crippen LogP contribution is -2.21. The van der Waals surface area contributed by atoms with Gasteiger partial charge in [0, 0.05) is 25.1 Å². The van der Waals surface area contributed by atoms with Crippen molar-refractivity contribution in [2.45, 2.75) is 6.54 Å². The van der Waals surface area contributed by atoms with Gasteiger partial charge in [0.15, 0.2) is 17.1 Å². The summed E-state index contributed by atoms with van der Waals surface area (Å²) in [6, 6.07) is 14.4. The number of aromatic nitrogens is 3. The van der Waals surface area contributed by atoms with Gasteiger partial charge >= 0.3 is 5.69 Å². The summed E-state index contributed by atoms with van der Waals surface area (Å²) in [5.41, 5.74) is 0.680. The summed E-state index contributed by atoms with van der Waals surface area (Å²) in [5, 5.41) is 18.7. The molecule has 2 aromatic carbocycles. The third kappa shape index (κ3) is 5.18. The van der Waals surface area contributed by atoms with E-state index < -0.39 is 16.5 Å². The van der Waals surface area contributed by atoms with E-state index in [1.54, 1.807) is 48.7 Å². The number of methoxy groups -OCH3 is 2. The molecule has 12 nitrogen and oxygen atoms in total. The fraction of sp³-hybridized carbons (Fsp3) is 0.208. The molecule has 2 aromatic heterocycles. The number of hydrogen-bond acceptors (Lipinski definition) is 8. The molecule has 2 heterocycles. The van der Waals surface area contributed by atoms with Crippen LogP contribution in [-0.2, 0) is 11.3 Å². The molecule has 0 bridgehead atoms. The van der Waals surface area contributed by atoms with E-state index in [1.807, 2.05) is 0 Å². The van der Waals surface area contributed by atoms with Crippen LogP contribution in [0.2, 0.25) is 0 Å². The van der Waals surface area contributed by atoms with Crippen LogP contribution in [0, 0.1) is 10.1 Å². The second-order valence-electron chi connectivity index (χ2n) is 7.64. The van der Waals surface area contributed by atoms with Gasteiger partial charge in [0.1, 0.15) is 12.2 Å². The Morgan fingerprint density at radius 3 is 2.64 bits per heavy atom. The largest absolute Gasteiger partial charge is 0.493 e. The average molecular weight is 493 g/mol. The van der Waals surface area contributed by atoms with E-state index in [1.165, 1.54) is 29.4 Å². The first-order valence-corrected chi connectivity index (χ1v) is 10.8. The number of fused-ring (bicyclic) bond motifs is 1. The number of anilines is 1. The Morgan fingerprint density at radius 1 is 1.08 bits per heavy atom. The quantitative estimate of drug-likeness (QED) is 0.202. The maximum Gasteiger partial charge on any atom is 0.350 e. The molecule has 0 aliphatic carbocycles. The van der Waals surface area contributed by atoms with Crippen LogP contribution in [0.25, 0.3) is 5.65 Å². The first-order valence-electron chi connectivity index (χ1n) is 10.8. The maximum atomic E-state index is 13.0. The van der Waals surface area contributed by atoms with Crippen LogP contribution in [0.3, 0.4) is 0 Å². The molecule has 0 unspecified atom stereocenters. The number of carbonyl (C=O) groups excluding carboxylic acids is 1. The van der Waals surface area contributed by atoms with Gasteiger partial charge < -0.3 is 19.5 Å². The third-order valence-corrected chi connectivity index (χ3v) is 5.27. The number of nitro benzene ring substituents is 1. The minimum Gasteiger partial charge on any atom is -0.493 e. The van der Waals surface area contributed by atoms with Gasteiger partial charge in [0.25, 0.3) is 11.6 Å². The Labute approximate surface area is 204 Å². The van der Waals surface area contributed by atoms with Crippen molar-refractivity contribution in [1.82, 2.24) is 14.2 Å². The molecular weight excluding hydrogens is 470 g/mol. The van der Waals surface area contributed by atoms with Crippen molar-refractivity contribution in [2.75, 3.05) is 32.8 Å². The molecule has 12 heteroatoms. The van der Waals surface area contributed by atoms with Gasteiger partial charge in [-0.25, -0.2) is 9.48 Å². The fourth-order valence-corrected chi connectivity index (χ4v) is 3.58. The molecule has 0 saturated heterocycles. The second-order valence-corrected chi connectivity index (χ2v) is 7.64. The van der Waals surface area contributed by atoms with Crippen LogP contribution in [0.1, 0.15) is 15.9 Å². The van der Waals surface area contributed by atoms with Crippen LogP contribution in [-0.4, -0.2) is 52.4 Å². The van der Waals surface area contributed by atoms with Gasteiger partial charge in [0.05, 0.1) is 31.3 Å². The lowest BCUT2D eigenvalue weighted by molar-refractivity contribution is -0.385. The topological polar surface area (TPSA) is 139 Å². The molecule has 4 aromatic rings. The Balaban J connectivity index is 1.57. The smallest absolute Gasteiger partial charge is 0.350 e. The predicted molar refractivity (Wildman–Crippen MR) is 130 cm³/mol. The summed E-state index contributed by atoms with van der Waals surface area (Å²) in [5.74, 6) is -0.412. The SMILES string of the molecule is COCCOc1cc([N+](=O)[O-])c(C(=O)Nc2cccc(Cn3nc4ccccn4c3=O)c2)cc1OC. The summed E-state index contributed by atoms with van der Waals surface area (Å²) in [7, 11) is 2.87. The molecule has 36 heavy (non-hydrogen) atoms. The summed E-state index contributed by atoms with van der Waals surface area (Å²) in [6.45, 7) is 0.597. The van der Waals surface area contributed by atoms with E-state index in [2.05, 4.69) is 10.4 Å². The number of amides is 1. The number of nitrogens with zero attached hydrogens (tertiary/aromatic N) is 4. The summed E-state index contributed by atoms with van der Waals surface area (Å²) in [6.07, 6.45) is 1.63. The highest BCUT2D eigenvalue weighted by atomic mass is 16.6. The second kappa shape index (κ2) is 10.7. The Kier molecular flexibility index (Phi) is 7.25. The fourth-order valence-electron chi connectivity index (χ4n) is 3.58. The lowest BCUT2D eigenvalue weighted by Gasteiger charge is -2.13. The third-order valence-electron chi connectivity index (χ3n) is 5.27. The molecule has 0 atom stereocenters. The Hall–Kier alpha value is -4.71. The number of ether oxygens (including phenoxy) is 3. The highest BCUT2D eigenvalue weighted by molar-refractivity contribution is 6.07. The molecule has 0 radical (unpaired) electrons. The van der Waals surface area contributed by atoms with Crippen LogP contribution in [0.5, 0.6) is 11.5 Å². The van der Waals surface area contributed by atoms with Crippen molar-refractivity contribution < 1.29 is 23.9 Å². The number of hydrogen-bond donors (Lipinski definition) is 1. The standard InChI is InChI=1S/C24H23N5O7/c1-34-10-11-36-21-14-19(29(32)33)18(13-20(21)35-2)23(30)25-17-7-5-6-16(12-17)15-28-24(31)27-9-4-3-8-22(27)26-28/h3-9,12-14H,10-11,15H2,1-2H3,(H,25,30). The molecule has 0 fully saturated rings. The molecule has 0 spiro atoms. The van der Waals surface area contributed by atoms with Gasteiger partial charge in [-0.05, 0) is 29.8 Å². The number of benzene rings is 2. The number of pyridine rings is 1. The van der Waals surface area contributed by atoms with Gasteiger partial charge in [-0.15, -0.1) is 5.10 Å². The van der Waals surface area contributed by atoms with E-state index in [0.717, 1.165) is 6.07 Å². The molecular formula is C24H23N5O7. The van der Waals surface area contributed by atoms with E-state index in [-0.39, 0.29) is 42.5 Å². The van der Waals surface area contributed by atoms with E-state index in [0.29, 0.717) is 16.9 Å². The molecule has 0 aliphatic rings. The average Bonchev–Trinajstić information content (AvgIpc) is 3.19. The van der Waals surface area contributed by atoms with Crippen LogP contribution in [0.15, 0.2) is 65.6 Å². The van der Waals surface area contributed by atoms with E-state index in [4.69, 9.17) is 14.2 Å². The summed E-state index contributed by atoms with van der Waals surface area (Å²) >= 11 is 0. The first-order chi connectivity index (χ1) is 17.4. The highest BCUT2D eigenvalue weighted by Crippen LogP contribution is 2.35. The predicted octanol–water partition coefficient (Wildman–Crippen LogP) is 2.74. The van der Waals surface area contributed by atoms with E-state index in [9.17, 15) is 19.7 Å². The molecule has 1 amide bonds. The van der Waals surface area contributed by atoms with Crippen molar-refractivity contribution in [3.05, 3.63) is 92.5 Å². The molecule has 4 rings (SSSR count). The first kappa shape index (κ1) is 24.4. The number of rotatable bonds is 10. The minimum atomic E-state index is -0.703. The number of nitrogens with one attached hydrogen (secondary N) is 1. The molecule has 1 N–H and O–H groups in total. The Morgan fingerprint density at radius 2 is 1.92 bits per heavy atom. The van der Waals surface area contributed by atoms with Crippen LogP contribution in [0.4, 0.5) is 11.4 Å². The summed E-state index contributed by atoms with van der Waals surface area (Å²) < 4.78 is 18.4. The van der Waals surface area contributed by atoms with Crippen LogP contribution >= 0.6 is 0 Å². The Bertz CT molecular complexity index is 1480. The van der Waals surface area contributed by atoms with Gasteiger partial charge in [0.2, 0.25) is 0 Å². The minimum absolute atomic E-state index is 0.123. The highest BCUT2D eigenvalue weighted by Gasteiger charge is 2.25. The number of carbonyl (C=O) groups is 1. The molecule has 0 saturated carbocycles. The van der Waals surface area contributed by atoms with Crippen molar-refractivity contribution in [2.24, 2.45) is 0 Å². The van der Waals surface area contributed by atoms with Gasteiger partial charge in [-0.3, -0.25) is 19.3 Å². The van der Waals surface area contributed by atoms with E-state index >= 15 is 0 Å². The van der Waals surface area contributed by atoms with Crippen molar-refractivity contribution in [3.8, 4) is 11.5 Å². The zero-order chi connectivity index (χ0) is 25.7. The number of nitro groups is 1. The van der Waals surface area contributed by atoms with Crippen molar-refractivity contribution in [3.63, 3.8) is 0 Å². The molecule has 0 aliphatic heterocycles. The van der Waals surface area contributed by atoms with Gasteiger partial charge in [-0.1, -0.05) is 18.2 Å². The lowest BCUT2D eigenvalue weighted by atomic mass is 10.1. The normalized spacial score (nSPS) is 10.8. The zero-order valence-electron chi connectivity index (χ0n) is 19.5.